The highest BCUT2D eigenvalue weighted by Gasteiger charge is 2.52. The van der Waals surface area contributed by atoms with Crippen LogP contribution in [0.2, 0.25) is 0 Å². The summed E-state index contributed by atoms with van der Waals surface area (Å²) in [5.74, 6) is 3.18. The fourth-order valence-electron chi connectivity index (χ4n) is 5.25. The van der Waals surface area contributed by atoms with Gasteiger partial charge >= 0.3 is 0 Å². The topological polar surface area (TPSA) is 12.0 Å². The number of nitrogens with one attached hydrogen (secondary N) is 1. The van der Waals surface area contributed by atoms with Gasteiger partial charge in [0.1, 0.15) is 0 Å². The van der Waals surface area contributed by atoms with Gasteiger partial charge in [0, 0.05) is 11.4 Å². The Morgan fingerprint density at radius 3 is 1.81 bits per heavy atom. The maximum Gasteiger partial charge on any atom is 0.0475 e. The van der Waals surface area contributed by atoms with Crippen LogP contribution in [0.1, 0.15) is 52.4 Å². The minimum Gasteiger partial charge on any atom is -0.303 e. The maximum absolute atomic E-state index is 4.50. The van der Waals surface area contributed by atoms with E-state index in [0.29, 0.717) is 16.8 Å². The van der Waals surface area contributed by atoms with Gasteiger partial charge in [-0.25, -0.2) is 0 Å². The first-order valence-corrected chi connectivity index (χ1v) is 7.53. The van der Waals surface area contributed by atoms with Gasteiger partial charge in [-0.3, -0.25) is 0 Å². The zero-order valence-electron chi connectivity index (χ0n) is 10.6. The predicted molar refractivity (Wildman–Crippen MR) is 71.7 cm³/mol. The molecule has 2 heteroatoms. The van der Waals surface area contributed by atoms with E-state index in [0.717, 1.165) is 17.8 Å². The van der Waals surface area contributed by atoms with E-state index in [1.807, 2.05) is 0 Å². The molecule has 0 aromatic heterocycles. The molecule has 0 amide bonds. The molecule has 0 radical (unpaired) electrons. The Morgan fingerprint density at radius 1 is 1.00 bits per heavy atom. The minimum absolute atomic E-state index is 0.336. The minimum atomic E-state index is 0.336. The summed E-state index contributed by atoms with van der Waals surface area (Å²) < 4.78 is 0. The van der Waals surface area contributed by atoms with Crippen LogP contribution in [-0.4, -0.2) is 11.4 Å². The summed E-state index contributed by atoms with van der Waals surface area (Å²) in [5.41, 5.74) is 0.631. The van der Waals surface area contributed by atoms with Crippen molar-refractivity contribution in [1.82, 2.24) is 5.32 Å². The summed E-state index contributed by atoms with van der Waals surface area (Å²) in [6, 6.07) is 0.661. The molecule has 1 N–H and O–H groups in total. The van der Waals surface area contributed by atoms with Gasteiger partial charge in [0.25, 0.3) is 0 Å². The predicted octanol–water partition coefficient (Wildman–Crippen LogP) is 3.46. The first-order valence-electron chi connectivity index (χ1n) is 7.01. The van der Waals surface area contributed by atoms with Crippen LogP contribution in [0, 0.1) is 23.2 Å². The van der Waals surface area contributed by atoms with Gasteiger partial charge in [0.15, 0.2) is 0 Å². The van der Waals surface area contributed by atoms with E-state index < -0.39 is 0 Å². The molecular weight excluding hydrogens is 214 g/mol. The highest BCUT2D eigenvalue weighted by atomic mass is 32.1. The van der Waals surface area contributed by atoms with Gasteiger partial charge in [-0.2, -0.15) is 12.6 Å². The molecule has 2 atom stereocenters. The molecule has 16 heavy (non-hydrogen) atoms. The SMILES string of the molecule is CC(N[C@H](C)S)C12CC3CC(CC(C3)C1)C2. The van der Waals surface area contributed by atoms with E-state index in [2.05, 4.69) is 31.8 Å². The van der Waals surface area contributed by atoms with Crippen LogP contribution in [-0.2, 0) is 0 Å². The van der Waals surface area contributed by atoms with E-state index in [1.54, 1.807) is 19.3 Å². The molecule has 92 valence electrons. The summed E-state index contributed by atoms with van der Waals surface area (Å²) in [5, 5.41) is 4.00. The average Bonchev–Trinajstić information content (AvgIpc) is 2.13. The Morgan fingerprint density at radius 2 is 1.44 bits per heavy atom. The molecule has 0 aromatic carbocycles. The van der Waals surface area contributed by atoms with Crippen molar-refractivity contribution in [3.8, 4) is 0 Å². The zero-order valence-corrected chi connectivity index (χ0v) is 11.5. The Kier molecular flexibility index (Phi) is 2.79. The molecule has 1 nitrogen and oxygen atoms in total. The van der Waals surface area contributed by atoms with E-state index in [1.165, 1.54) is 19.3 Å². The Balaban J connectivity index is 1.77. The first kappa shape index (κ1) is 11.4. The van der Waals surface area contributed by atoms with Gasteiger partial charge in [-0.05, 0) is 75.5 Å². The fraction of sp³-hybridized carbons (Fsp3) is 1.00. The number of hydrogen-bond acceptors (Lipinski definition) is 2. The standard InChI is InChI=1S/C14H25NS/c1-9(15-10(2)16)14-6-11-3-12(7-14)5-13(4-11)8-14/h9-13,15-16H,3-8H2,1-2H3/t9?,10-,11?,12?,13?,14?/m0/s1. The van der Waals surface area contributed by atoms with Crippen molar-refractivity contribution >= 4 is 12.6 Å². The normalized spacial score (nSPS) is 49.3. The van der Waals surface area contributed by atoms with Crippen molar-refractivity contribution in [2.45, 2.75) is 63.8 Å². The molecular formula is C14H25NS. The first-order chi connectivity index (χ1) is 7.57. The van der Waals surface area contributed by atoms with Crippen molar-refractivity contribution in [2.75, 3.05) is 0 Å². The van der Waals surface area contributed by atoms with Crippen LogP contribution in [0.5, 0.6) is 0 Å². The Hall–Kier alpha value is 0.310. The largest absolute Gasteiger partial charge is 0.303 e. The molecule has 4 aliphatic rings. The monoisotopic (exact) mass is 239 g/mol. The van der Waals surface area contributed by atoms with Crippen LogP contribution in [0.25, 0.3) is 0 Å². The van der Waals surface area contributed by atoms with Crippen molar-refractivity contribution in [3.05, 3.63) is 0 Å². The quantitative estimate of drug-likeness (QED) is 0.568. The van der Waals surface area contributed by atoms with Gasteiger partial charge in [0.2, 0.25) is 0 Å². The van der Waals surface area contributed by atoms with Gasteiger partial charge in [-0.15, -0.1) is 0 Å². The lowest BCUT2D eigenvalue weighted by Crippen LogP contribution is -2.55. The second-order valence-electron chi connectivity index (χ2n) is 6.84. The molecule has 1 unspecified atom stereocenters. The van der Waals surface area contributed by atoms with Crippen molar-refractivity contribution in [1.29, 1.82) is 0 Å². The summed E-state index contributed by atoms with van der Waals surface area (Å²) in [4.78, 5) is 0. The van der Waals surface area contributed by atoms with Gasteiger partial charge < -0.3 is 5.32 Å². The molecule has 4 rings (SSSR count). The van der Waals surface area contributed by atoms with Crippen molar-refractivity contribution in [3.63, 3.8) is 0 Å². The Bertz CT molecular complexity index is 239. The molecule has 0 spiro atoms. The van der Waals surface area contributed by atoms with E-state index in [9.17, 15) is 0 Å². The third-order valence-electron chi connectivity index (χ3n) is 5.50. The lowest BCUT2D eigenvalue weighted by atomic mass is 9.48. The van der Waals surface area contributed by atoms with Gasteiger partial charge in [-0.1, -0.05) is 0 Å². The van der Waals surface area contributed by atoms with Gasteiger partial charge in [0.05, 0.1) is 0 Å². The second-order valence-corrected chi connectivity index (χ2v) is 7.62. The van der Waals surface area contributed by atoms with E-state index in [4.69, 9.17) is 0 Å². The molecule has 0 saturated heterocycles. The molecule has 0 aromatic rings. The van der Waals surface area contributed by atoms with Crippen LogP contribution >= 0.6 is 12.6 Å². The smallest absolute Gasteiger partial charge is 0.0475 e. The highest BCUT2D eigenvalue weighted by Crippen LogP contribution is 2.61. The molecule has 0 aliphatic heterocycles. The van der Waals surface area contributed by atoms with E-state index >= 15 is 0 Å². The van der Waals surface area contributed by atoms with Crippen molar-refractivity contribution < 1.29 is 0 Å². The molecule has 4 bridgehead atoms. The van der Waals surface area contributed by atoms with Crippen LogP contribution < -0.4 is 5.32 Å². The van der Waals surface area contributed by atoms with Crippen LogP contribution in [0.15, 0.2) is 0 Å². The fourth-order valence-corrected chi connectivity index (χ4v) is 5.47. The van der Waals surface area contributed by atoms with Crippen LogP contribution in [0.4, 0.5) is 0 Å². The average molecular weight is 239 g/mol. The van der Waals surface area contributed by atoms with E-state index in [-0.39, 0.29) is 0 Å². The third-order valence-corrected chi connectivity index (χ3v) is 5.64. The lowest BCUT2D eigenvalue weighted by Gasteiger charge is -2.59. The zero-order chi connectivity index (χ0) is 11.3. The summed E-state index contributed by atoms with van der Waals surface area (Å²) >= 11 is 4.50. The molecule has 0 heterocycles. The van der Waals surface area contributed by atoms with Crippen molar-refractivity contribution in [2.24, 2.45) is 23.2 Å². The summed E-state index contributed by atoms with van der Waals surface area (Å²) in [7, 11) is 0. The molecule has 4 saturated carbocycles. The molecule has 4 fully saturated rings. The Labute approximate surface area is 105 Å². The summed E-state index contributed by atoms with van der Waals surface area (Å²) in [6.45, 7) is 4.56. The summed E-state index contributed by atoms with van der Waals surface area (Å²) in [6.07, 6.45) is 9.11. The number of rotatable bonds is 3. The highest BCUT2D eigenvalue weighted by molar-refractivity contribution is 7.80. The van der Waals surface area contributed by atoms with Crippen LogP contribution in [0.3, 0.4) is 0 Å². The second kappa shape index (κ2) is 3.91. The molecule has 4 aliphatic carbocycles. The number of thiol groups is 1. The number of hydrogen-bond donors (Lipinski definition) is 2. The lowest BCUT2D eigenvalue weighted by molar-refractivity contribution is -0.0705. The maximum atomic E-state index is 4.50. The third kappa shape index (κ3) is 1.82.